The molecule has 0 atom stereocenters. The van der Waals surface area contributed by atoms with Gasteiger partial charge in [0, 0.05) is 6.54 Å². The standard InChI is InChI=1S/C14H13BrFNO3S/c1-20-14-7-6-12(8-13(14)15)21(18,19)17-9-10-2-4-11(16)5-3-10/h2-8,17H,9H2,1H3. The molecule has 0 fully saturated rings. The fourth-order valence-electron chi connectivity index (χ4n) is 1.68. The van der Waals surface area contributed by atoms with Gasteiger partial charge in [0.05, 0.1) is 16.5 Å². The van der Waals surface area contributed by atoms with E-state index in [9.17, 15) is 12.8 Å². The van der Waals surface area contributed by atoms with Crippen LogP contribution in [0.2, 0.25) is 0 Å². The molecule has 112 valence electrons. The SMILES string of the molecule is COc1ccc(S(=O)(=O)NCc2ccc(F)cc2)cc1Br. The third-order valence-electron chi connectivity index (χ3n) is 2.81. The van der Waals surface area contributed by atoms with Crippen LogP contribution in [0.4, 0.5) is 4.39 Å². The molecule has 21 heavy (non-hydrogen) atoms. The molecule has 4 nitrogen and oxygen atoms in total. The van der Waals surface area contributed by atoms with Crippen molar-refractivity contribution in [2.24, 2.45) is 0 Å². The molecule has 2 aromatic rings. The molecule has 0 aromatic heterocycles. The van der Waals surface area contributed by atoms with Crippen LogP contribution in [0.1, 0.15) is 5.56 Å². The number of halogens is 2. The second kappa shape index (κ2) is 6.55. The Morgan fingerprint density at radius 2 is 1.86 bits per heavy atom. The van der Waals surface area contributed by atoms with Crippen LogP contribution in [0.25, 0.3) is 0 Å². The largest absolute Gasteiger partial charge is 0.496 e. The molecule has 2 aromatic carbocycles. The molecule has 0 bridgehead atoms. The van der Waals surface area contributed by atoms with Crippen LogP contribution < -0.4 is 9.46 Å². The van der Waals surface area contributed by atoms with Crippen molar-refractivity contribution in [3.63, 3.8) is 0 Å². The Morgan fingerprint density at radius 1 is 1.19 bits per heavy atom. The van der Waals surface area contributed by atoms with Crippen molar-refractivity contribution in [1.29, 1.82) is 0 Å². The number of methoxy groups -OCH3 is 1. The normalized spacial score (nSPS) is 11.4. The number of nitrogens with one attached hydrogen (secondary N) is 1. The van der Waals surface area contributed by atoms with Gasteiger partial charge in [-0.2, -0.15) is 0 Å². The highest BCUT2D eigenvalue weighted by Gasteiger charge is 2.15. The van der Waals surface area contributed by atoms with Crippen molar-refractivity contribution in [3.05, 3.63) is 58.3 Å². The minimum absolute atomic E-state index is 0.0895. The summed E-state index contributed by atoms with van der Waals surface area (Å²) in [6.45, 7) is 0.0895. The molecule has 2 rings (SSSR count). The minimum atomic E-state index is -3.65. The molecule has 0 spiro atoms. The van der Waals surface area contributed by atoms with E-state index < -0.39 is 10.0 Å². The molecule has 0 aliphatic rings. The van der Waals surface area contributed by atoms with Crippen LogP contribution in [0.5, 0.6) is 5.75 Å². The average Bonchev–Trinajstić information content (AvgIpc) is 2.46. The summed E-state index contributed by atoms with van der Waals surface area (Å²) in [6.07, 6.45) is 0. The van der Waals surface area contributed by atoms with Crippen LogP contribution in [0.3, 0.4) is 0 Å². The second-order valence-electron chi connectivity index (χ2n) is 4.25. The van der Waals surface area contributed by atoms with Gasteiger partial charge in [0.25, 0.3) is 0 Å². The monoisotopic (exact) mass is 373 g/mol. The van der Waals surface area contributed by atoms with Crippen molar-refractivity contribution in [2.75, 3.05) is 7.11 Å². The first-order valence-electron chi connectivity index (χ1n) is 6.00. The Bertz CT molecular complexity index is 732. The van der Waals surface area contributed by atoms with Crippen molar-refractivity contribution < 1.29 is 17.5 Å². The van der Waals surface area contributed by atoms with Gasteiger partial charge in [-0.25, -0.2) is 17.5 Å². The summed E-state index contributed by atoms with van der Waals surface area (Å²) in [4.78, 5) is 0.122. The topological polar surface area (TPSA) is 55.4 Å². The van der Waals surface area contributed by atoms with Gasteiger partial charge in [0.1, 0.15) is 11.6 Å². The van der Waals surface area contributed by atoms with Crippen LogP contribution >= 0.6 is 15.9 Å². The smallest absolute Gasteiger partial charge is 0.240 e. The first kappa shape index (κ1) is 15.9. The first-order valence-corrected chi connectivity index (χ1v) is 8.27. The summed E-state index contributed by atoms with van der Waals surface area (Å²) >= 11 is 3.24. The summed E-state index contributed by atoms with van der Waals surface area (Å²) in [5, 5.41) is 0. The van der Waals surface area contributed by atoms with Gasteiger partial charge in [-0.05, 0) is 51.8 Å². The van der Waals surface area contributed by atoms with Crippen molar-refractivity contribution >= 4 is 26.0 Å². The van der Waals surface area contributed by atoms with E-state index in [2.05, 4.69) is 20.7 Å². The summed E-state index contributed by atoms with van der Waals surface area (Å²) in [5.74, 6) is 0.188. The van der Waals surface area contributed by atoms with E-state index in [0.717, 1.165) is 0 Å². The van der Waals surface area contributed by atoms with E-state index in [1.807, 2.05) is 0 Å². The van der Waals surface area contributed by atoms with Crippen molar-refractivity contribution in [1.82, 2.24) is 4.72 Å². The van der Waals surface area contributed by atoms with Gasteiger partial charge in [-0.1, -0.05) is 12.1 Å². The fraction of sp³-hybridized carbons (Fsp3) is 0.143. The van der Waals surface area contributed by atoms with Gasteiger partial charge < -0.3 is 4.74 Å². The number of ether oxygens (including phenoxy) is 1. The highest BCUT2D eigenvalue weighted by molar-refractivity contribution is 9.10. The number of rotatable bonds is 5. The van der Waals surface area contributed by atoms with E-state index in [0.29, 0.717) is 15.8 Å². The molecule has 0 radical (unpaired) electrons. The summed E-state index contributed by atoms with van der Waals surface area (Å²) in [6, 6.07) is 10.1. The lowest BCUT2D eigenvalue weighted by atomic mass is 10.2. The molecule has 1 N–H and O–H groups in total. The summed E-state index contributed by atoms with van der Waals surface area (Å²) in [7, 11) is -2.14. The maximum Gasteiger partial charge on any atom is 0.240 e. The zero-order valence-corrected chi connectivity index (χ0v) is 13.5. The highest BCUT2D eigenvalue weighted by Crippen LogP contribution is 2.27. The third kappa shape index (κ3) is 4.03. The number of sulfonamides is 1. The predicted molar refractivity (Wildman–Crippen MR) is 81.1 cm³/mol. The fourth-order valence-corrected chi connectivity index (χ4v) is 3.41. The molecular formula is C14H13BrFNO3S. The van der Waals surface area contributed by atoms with Gasteiger partial charge >= 0.3 is 0 Å². The Labute approximate surface area is 131 Å². The van der Waals surface area contributed by atoms with Gasteiger partial charge in [0.2, 0.25) is 10.0 Å². The van der Waals surface area contributed by atoms with Crippen molar-refractivity contribution in [2.45, 2.75) is 11.4 Å². The van der Waals surface area contributed by atoms with E-state index >= 15 is 0 Å². The number of hydrogen-bond acceptors (Lipinski definition) is 3. The zero-order valence-electron chi connectivity index (χ0n) is 11.1. The lowest BCUT2D eigenvalue weighted by Gasteiger charge is -2.09. The Morgan fingerprint density at radius 3 is 2.43 bits per heavy atom. The zero-order chi connectivity index (χ0) is 15.5. The lowest BCUT2D eigenvalue weighted by Crippen LogP contribution is -2.23. The van der Waals surface area contributed by atoms with Gasteiger partial charge in [-0.3, -0.25) is 0 Å². The molecule has 0 aliphatic heterocycles. The van der Waals surface area contributed by atoms with Crippen molar-refractivity contribution in [3.8, 4) is 5.75 Å². The highest BCUT2D eigenvalue weighted by atomic mass is 79.9. The Kier molecular flexibility index (Phi) is 4.97. The number of hydrogen-bond donors (Lipinski definition) is 1. The second-order valence-corrected chi connectivity index (χ2v) is 6.87. The molecule has 0 aliphatic carbocycles. The average molecular weight is 374 g/mol. The quantitative estimate of drug-likeness (QED) is 0.875. The molecule has 0 saturated heterocycles. The molecule has 0 amide bonds. The van der Waals surface area contributed by atoms with Crippen LogP contribution in [-0.2, 0) is 16.6 Å². The molecule has 0 unspecified atom stereocenters. The van der Waals surface area contributed by atoms with E-state index in [1.54, 1.807) is 6.07 Å². The van der Waals surface area contributed by atoms with E-state index in [-0.39, 0.29) is 17.3 Å². The lowest BCUT2D eigenvalue weighted by molar-refractivity contribution is 0.411. The van der Waals surface area contributed by atoms with Crippen LogP contribution in [0, 0.1) is 5.82 Å². The first-order chi connectivity index (χ1) is 9.92. The Balaban J connectivity index is 2.14. The third-order valence-corrected chi connectivity index (χ3v) is 4.83. The minimum Gasteiger partial charge on any atom is -0.496 e. The molecule has 0 saturated carbocycles. The predicted octanol–water partition coefficient (Wildman–Crippen LogP) is 3.08. The van der Waals surface area contributed by atoms with E-state index in [4.69, 9.17) is 4.74 Å². The summed E-state index contributed by atoms with van der Waals surface area (Å²) < 4.78 is 45.2. The van der Waals surface area contributed by atoms with Gasteiger partial charge in [-0.15, -0.1) is 0 Å². The van der Waals surface area contributed by atoms with Crippen LogP contribution in [0.15, 0.2) is 51.8 Å². The van der Waals surface area contributed by atoms with Crippen LogP contribution in [-0.4, -0.2) is 15.5 Å². The number of benzene rings is 2. The van der Waals surface area contributed by atoms with E-state index in [1.165, 1.54) is 43.5 Å². The maximum absolute atomic E-state index is 12.8. The molecular weight excluding hydrogens is 361 g/mol. The Hall–Kier alpha value is -1.44. The maximum atomic E-state index is 12.8. The molecule has 7 heteroatoms. The van der Waals surface area contributed by atoms with Gasteiger partial charge in [0.15, 0.2) is 0 Å². The summed E-state index contributed by atoms with van der Waals surface area (Å²) in [5.41, 5.74) is 0.674. The molecule has 0 heterocycles.